The van der Waals surface area contributed by atoms with Crippen molar-refractivity contribution in [2.45, 2.75) is 25.7 Å². The van der Waals surface area contributed by atoms with E-state index in [0.717, 1.165) is 12.1 Å². The first-order chi connectivity index (χ1) is 17.6. The van der Waals surface area contributed by atoms with Crippen molar-refractivity contribution in [3.05, 3.63) is 103 Å². The number of hydrogen-bond acceptors (Lipinski definition) is 6. The van der Waals surface area contributed by atoms with Crippen molar-refractivity contribution in [3.8, 4) is 22.7 Å². The summed E-state index contributed by atoms with van der Waals surface area (Å²) < 4.78 is 44.4. The van der Waals surface area contributed by atoms with Crippen molar-refractivity contribution in [3.63, 3.8) is 0 Å². The number of nitro groups is 1. The minimum atomic E-state index is -4.45. The summed E-state index contributed by atoms with van der Waals surface area (Å²) in [4.78, 5) is 32.8. The van der Waals surface area contributed by atoms with Gasteiger partial charge >= 0.3 is 6.18 Å². The fourth-order valence-electron chi connectivity index (χ4n) is 4.26. The highest BCUT2D eigenvalue weighted by molar-refractivity contribution is 6.30. The number of alkyl halides is 3. The van der Waals surface area contributed by atoms with Crippen LogP contribution in [0.1, 0.15) is 22.6 Å². The normalized spacial score (nSPS) is 13.9. The van der Waals surface area contributed by atoms with Crippen molar-refractivity contribution in [2.24, 2.45) is 0 Å². The number of fused-ring (bicyclic) bond motifs is 1. The van der Waals surface area contributed by atoms with Crippen LogP contribution in [-0.4, -0.2) is 26.3 Å². The number of nitrogens with zero attached hydrogens (tertiary/aromatic N) is 3. The molecule has 12 heteroatoms. The van der Waals surface area contributed by atoms with E-state index in [-0.39, 0.29) is 22.1 Å². The molecule has 2 aromatic heterocycles. The van der Waals surface area contributed by atoms with Gasteiger partial charge in [0.05, 0.1) is 33.9 Å². The average molecular weight is 531 g/mol. The van der Waals surface area contributed by atoms with Gasteiger partial charge < -0.3 is 9.40 Å². The predicted octanol–water partition coefficient (Wildman–Crippen LogP) is 5.84. The van der Waals surface area contributed by atoms with Gasteiger partial charge in [-0.2, -0.15) is 13.2 Å². The van der Waals surface area contributed by atoms with Crippen LogP contribution in [0, 0.1) is 10.1 Å². The second-order valence-electron chi connectivity index (χ2n) is 8.56. The maximum atomic E-state index is 12.8. The molecule has 0 saturated carbocycles. The number of halogens is 4. The Balaban J connectivity index is 1.33. The molecule has 5 rings (SSSR count). The van der Waals surface area contributed by atoms with E-state index in [9.17, 15) is 28.1 Å². The van der Waals surface area contributed by atoms with Crippen molar-refractivity contribution >= 4 is 17.3 Å². The summed E-state index contributed by atoms with van der Waals surface area (Å²) in [5, 5.41) is 11.6. The summed E-state index contributed by atoms with van der Waals surface area (Å²) >= 11 is 5.89. The molecule has 0 aliphatic carbocycles. The molecular weight excluding hydrogens is 513 g/mol. The highest BCUT2D eigenvalue weighted by atomic mass is 35.5. The third-order valence-electron chi connectivity index (χ3n) is 6.10. The molecule has 3 heterocycles. The van der Waals surface area contributed by atoms with Gasteiger partial charge in [-0.15, -0.1) is 0 Å². The highest BCUT2D eigenvalue weighted by Gasteiger charge is 2.30. The zero-order valence-corrected chi connectivity index (χ0v) is 19.8. The number of H-pyrrole nitrogens is 1. The van der Waals surface area contributed by atoms with E-state index in [1.54, 1.807) is 18.2 Å². The summed E-state index contributed by atoms with van der Waals surface area (Å²) in [6, 6.07) is 12.2. The van der Waals surface area contributed by atoms with Crippen LogP contribution in [0.4, 0.5) is 18.9 Å². The van der Waals surface area contributed by atoms with Crippen LogP contribution < -0.4 is 5.56 Å². The summed E-state index contributed by atoms with van der Waals surface area (Å²) in [6.07, 6.45) is -3.99. The molecule has 1 aliphatic heterocycles. The summed E-state index contributed by atoms with van der Waals surface area (Å²) in [5.74, 6) is 1.11. The van der Waals surface area contributed by atoms with Crippen LogP contribution in [-0.2, 0) is 25.7 Å². The molecule has 1 aliphatic rings. The van der Waals surface area contributed by atoms with Crippen LogP contribution >= 0.6 is 11.6 Å². The number of nitrogens with one attached hydrogen (secondary N) is 1. The van der Waals surface area contributed by atoms with E-state index in [1.165, 1.54) is 24.3 Å². The predicted molar refractivity (Wildman–Crippen MR) is 129 cm³/mol. The number of nitro benzene ring substituents is 1. The minimum Gasteiger partial charge on any atom is -0.459 e. The van der Waals surface area contributed by atoms with Gasteiger partial charge in [-0.3, -0.25) is 19.8 Å². The first-order valence-electron chi connectivity index (χ1n) is 11.1. The molecule has 37 heavy (non-hydrogen) atoms. The topological polar surface area (TPSA) is 105 Å². The molecule has 8 nitrogen and oxygen atoms in total. The van der Waals surface area contributed by atoms with Crippen LogP contribution in [0.5, 0.6) is 0 Å². The maximum absolute atomic E-state index is 12.8. The third-order valence-corrected chi connectivity index (χ3v) is 6.33. The SMILES string of the molecule is O=c1[nH]c(-c2ccc(C(F)(F)F)cc2)nc2c1CN(Cc1ccc(-c3ccc(Cl)cc3[N+](=O)[O-])o1)CC2. The lowest BCUT2D eigenvalue weighted by atomic mass is 10.1. The van der Waals surface area contributed by atoms with Gasteiger partial charge in [0.25, 0.3) is 11.2 Å². The van der Waals surface area contributed by atoms with Gasteiger partial charge in [-0.1, -0.05) is 23.7 Å². The number of furan rings is 1. The van der Waals surface area contributed by atoms with Crippen molar-refractivity contribution in [2.75, 3.05) is 6.54 Å². The van der Waals surface area contributed by atoms with E-state index in [2.05, 4.69) is 9.97 Å². The van der Waals surface area contributed by atoms with E-state index in [0.29, 0.717) is 60.0 Å². The average Bonchev–Trinajstić information content (AvgIpc) is 3.32. The fourth-order valence-corrected chi connectivity index (χ4v) is 4.43. The van der Waals surface area contributed by atoms with Crippen LogP contribution in [0.2, 0.25) is 5.02 Å². The molecular formula is C25H18ClF3N4O4. The third kappa shape index (κ3) is 5.13. The quantitative estimate of drug-likeness (QED) is 0.257. The second kappa shape index (κ2) is 9.49. The van der Waals surface area contributed by atoms with Gasteiger partial charge in [0, 0.05) is 36.2 Å². The smallest absolute Gasteiger partial charge is 0.416 e. The zero-order chi connectivity index (χ0) is 26.3. The lowest BCUT2D eigenvalue weighted by Gasteiger charge is -2.26. The summed E-state index contributed by atoms with van der Waals surface area (Å²) in [5.41, 5.74) is 0.451. The lowest BCUT2D eigenvalue weighted by Crippen LogP contribution is -2.35. The minimum absolute atomic E-state index is 0.165. The molecule has 190 valence electrons. The van der Waals surface area contributed by atoms with E-state index < -0.39 is 16.7 Å². The molecule has 2 aromatic carbocycles. The number of benzene rings is 2. The molecule has 0 radical (unpaired) electrons. The highest BCUT2D eigenvalue weighted by Crippen LogP contribution is 2.34. The van der Waals surface area contributed by atoms with Gasteiger partial charge in [-0.25, -0.2) is 4.98 Å². The Bertz CT molecular complexity index is 1550. The number of hydrogen-bond donors (Lipinski definition) is 1. The lowest BCUT2D eigenvalue weighted by molar-refractivity contribution is -0.384. The largest absolute Gasteiger partial charge is 0.459 e. The molecule has 4 aromatic rings. The standard InChI is InChI=1S/C25H18ClF3N4O4/c26-16-5-7-18(21(11-16)33(35)36)22-8-6-17(37-22)12-32-10-9-20-19(13-32)24(34)31-23(30-20)14-1-3-15(4-2-14)25(27,28)29/h1-8,11H,9-10,12-13H2,(H,30,31,34). The molecule has 0 saturated heterocycles. The zero-order valence-electron chi connectivity index (χ0n) is 19.0. The maximum Gasteiger partial charge on any atom is 0.416 e. The van der Waals surface area contributed by atoms with Crippen molar-refractivity contribution < 1.29 is 22.5 Å². The Morgan fingerprint density at radius 2 is 1.89 bits per heavy atom. The van der Waals surface area contributed by atoms with Crippen molar-refractivity contribution in [1.82, 2.24) is 14.9 Å². The summed E-state index contributed by atoms with van der Waals surface area (Å²) in [7, 11) is 0. The first kappa shape index (κ1) is 24.7. The Morgan fingerprint density at radius 1 is 1.14 bits per heavy atom. The number of rotatable bonds is 5. The Labute approximate surface area is 212 Å². The van der Waals surface area contributed by atoms with Gasteiger partial charge in [0.15, 0.2) is 0 Å². The second-order valence-corrected chi connectivity index (χ2v) is 9.00. The monoisotopic (exact) mass is 530 g/mol. The Kier molecular flexibility index (Phi) is 6.34. The van der Waals surface area contributed by atoms with E-state index in [1.807, 2.05) is 4.90 Å². The fraction of sp³-hybridized carbons (Fsp3) is 0.200. The van der Waals surface area contributed by atoms with E-state index in [4.69, 9.17) is 16.0 Å². The molecule has 0 amide bonds. The van der Waals surface area contributed by atoms with Gasteiger partial charge in [0.1, 0.15) is 17.3 Å². The van der Waals surface area contributed by atoms with Gasteiger partial charge in [0.2, 0.25) is 0 Å². The van der Waals surface area contributed by atoms with Crippen LogP contribution in [0.15, 0.2) is 63.8 Å². The molecule has 0 fully saturated rings. The van der Waals surface area contributed by atoms with E-state index >= 15 is 0 Å². The Hall–Kier alpha value is -3.96. The molecule has 0 unspecified atom stereocenters. The van der Waals surface area contributed by atoms with Crippen LogP contribution in [0.25, 0.3) is 22.7 Å². The first-order valence-corrected chi connectivity index (χ1v) is 11.5. The summed E-state index contributed by atoms with van der Waals surface area (Å²) in [6.45, 7) is 1.22. The number of aromatic nitrogens is 2. The van der Waals surface area contributed by atoms with Crippen LogP contribution in [0.3, 0.4) is 0 Å². The Morgan fingerprint density at radius 3 is 2.59 bits per heavy atom. The molecule has 0 spiro atoms. The molecule has 0 bridgehead atoms. The van der Waals surface area contributed by atoms with Gasteiger partial charge in [-0.05, 0) is 36.4 Å². The molecule has 0 atom stereocenters. The molecule has 1 N–H and O–H groups in total. The van der Waals surface area contributed by atoms with Crippen molar-refractivity contribution in [1.29, 1.82) is 0 Å². The number of aromatic amines is 1.